The molecule has 1 amide bonds. The van der Waals surface area contributed by atoms with Crippen molar-refractivity contribution < 1.29 is 17.9 Å². The third-order valence-corrected chi connectivity index (χ3v) is 6.02. The van der Waals surface area contributed by atoms with Gasteiger partial charge in [0, 0.05) is 18.0 Å². The first-order chi connectivity index (χ1) is 13.4. The normalized spacial score (nSPS) is 10.9. The van der Waals surface area contributed by atoms with Gasteiger partial charge >= 0.3 is 0 Å². The monoisotopic (exact) mass is 419 g/mol. The van der Waals surface area contributed by atoms with Gasteiger partial charge in [-0.1, -0.05) is 17.7 Å². The molecule has 146 valence electrons. The van der Waals surface area contributed by atoms with Gasteiger partial charge in [0.15, 0.2) is 0 Å². The summed E-state index contributed by atoms with van der Waals surface area (Å²) in [6.07, 6.45) is 1.45. The number of benzene rings is 1. The van der Waals surface area contributed by atoms with Crippen molar-refractivity contribution in [1.82, 2.24) is 15.4 Å². The van der Waals surface area contributed by atoms with E-state index in [1.165, 1.54) is 24.8 Å². The summed E-state index contributed by atoms with van der Waals surface area (Å²) in [5, 5.41) is 1.53. The Morgan fingerprint density at radius 1 is 1.14 bits per heavy atom. The van der Waals surface area contributed by atoms with E-state index in [1.54, 1.807) is 30.3 Å². The van der Waals surface area contributed by atoms with Gasteiger partial charge in [-0.15, -0.1) is 11.3 Å². The van der Waals surface area contributed by atoms with Gasteiger partial charge in [0.2, 0.25) is 11.8 Å². The number of carbonyl (C=O) groups is 1. The average Bonchev–Trinajstić information content (AvgIpc) is 3.19. The molecule has 0 aliphatic carbocycles. The van der Waals surface area contributed by atoms with Crippen LogP contribution in [0.25, 0.3) is 0 Å². The molecule has 0 spiro atoms. The van der Waals surface area contributed by atoms with Crippen LogP contribution in [0.4, 0.5) is 11.6 Å². The molecule has 0 bridgehead atoms. The van der Waals surface area contributed by atoms with Gasteiger partial charge < -0.3 is 4.74 Å². The smallest absolute Gasteiger partial charge is 0.281 e. The molecule has 0 atom stereocenters. The molecule has 0 unspecified atom stereocenters. The van der Waals surface area contributed by atoms with E-state index < -0.39 is 15.9 Å². The SMILES string of the molecule is COc1ccnc(NNC(=O)c2sccc2S(=O)(=O)Nc2ccc(C)cc2)n1. The van der Waals surface area contributed by atoms with Crippen LogP contribution in [0.3, 0.4) is 0 Å². The van der Waals surface area contributed by atoms with Crippen LogP contribution < -0.4 is 20.3 Å². The fourth-order valence-corrected chi connectivity index (χ4v) is 4.57. The molecule has 9 nitrogen and oxygen atoms in total. The van der Waals surface area contributed by atoms with Crippen LogP contribution in [0.15, 0.2) is 52.9 Å². The van der Waals surface area contributed by atoms with Gasteiger partial charge in [0.1, 0.15) is 9.77 Å². The maximum atomic E-state index is 12.7. The molecule has 0 saturated heterocycles. The molecular weight excluding hydrogens is 402 g/mol. The van der Waals surface area contributed by atoms with E-state index >= 15 is 0 Å². The number of aromatic nitrogens is 2. The summed E-state index contributed by atoms with van der Waals surface area (Å²) in [7, 11) is -2.48. The number of nitrogens with one attached hydrogen (secondary N) is 3. The van der Waals surface area contributed by atoms with Gasteiger partial charge in [0.25, 0.3) is 15.9 Å². The number of thiophene rings is 1. The minimum Gasteiger partial charge on any atom is -0.481 e. The maximum Gasteiger partial charge on any atom is 0.281 e. The molecular formula is C17H17N5O4S2. The first kappa shape index (κ1) is 19.6. The van der Waals surface area contributed by atoms with Crippen LogP contribution in [-0.4, -0.2) is 31.4 Å². The number of hydrogen-bond donors (Lipinski definition) is 3. The van der Waals surface area contributed by atoms with E-state index in [-0.39, 0.29) is 15.7 Å². The van der Waals surface area contributed by atoms with Crippen LogP contribution >= 0.6 is 11.3 Å². The first-order valence-corrected chi connectivity index (χ1v) is 10.4. The molecule has 3 rings (SSSR count). The van der Waals surface area contributed by atoms with Crippen LogP contribution in [0.5, 0.6) is 5.88 Å². The van der Waals surface area contributed by atoms with E-state index in [0.29, 0.717) is 11.6 Å². The largest absolute Gasteiger partial charge is 0.481 e. The van der Waals surface area contributed by atoms with E-state index in [4.69, 9.17) is 4.74 Å². The Morgan fingerprint density at radius 2 is 1.89 bits per heavy atom. The van der Waals surface area contributed by atoms with Crippen molar-refractivity contribution in [3.8, 4) is 5.88 Å². The lowest BCUT2D eigenvalue weighted by atomic mass is 10.2. The van der Waals surface area contributed by atoms with Gasteiger partial charge in [-0.05, 0) is 30.5 Å². The highest BCUT2D eigenvalue weighted by Crippen LogP contribution is 2.24. The van der Waals surface area contributed by atoms with Crippen LogP contribution in [-0.2, 0) is 10.0 Å². The molecule has 0 aliphatic rings. The van der Waals surface area contributed by atoms with Crippen molar-refractivity contribution in [3.63, 3.8) is 0 Å². The number of rotatable bonds is 7. The second kappa shape index (κ2) is 8.23. The lowest BCUT2D eigenvalue weighted by Gasteiger charge is -2.10. The topological polar surface area (TPSA) is 122 Å². The molecule has 2 heterocycles. The van der Waals surface area contributed by atoms with Crippen molar-refractivity contribution in [3.05, 3.63) is 58.4 Å². The zero-order valence-corrected chi connectivity index (χ0v) is 16.6. The van der Waals surface area contributed by atoms with Crippen LogP contribution in [0, 0.1) is 6.92 Å². The zero-order valence-electron chi connectivity index (χ0n) is 15.0. The standard InChI is InChI=1S/C17H17N5O4S2/c1-11-3-5-12(6-4-11)22-28(24,25)13-8-10-27-15(13)16(23)20-21-17-18-9-7-14(19-17)26-2/h3-10,22H,1-2H3,(H,20,23)(H,18,19,21). The molecule has 0 radical (unpaired) electrons. The number of carbonyl (C=O) groups excluding carboxylic acids is 1. The van der Waals surface area contributed by atoms with Crippen molar-refractivity contribution >= 4 is 38.9 Å². The summed E-state index contributed by atoms with van der Waals surface area (Å²) in [5.41, 5.74) is 6.33. The highest BCUT2D eigenvalue weighted by molar-refractivity contribution is 7.93. The Bertz CT molecular complexity index is 1080. The van der Waals surface area contributed by atoms with E-state index in [0.717, 1.165) is 16.9 Å². The number of anilines is 2. The van der Waals surface area contributed by atoms with E-state index in [9.17, 15) is 13.2 Å². The Labute approximate surface area is 165 Å². The number of hydrogen-bond acceptors (Lipinski definition) is 8. The minimum atomic E-state index is -3.93. The second-order valence-corrected chi connectivity index (χ2v) is 8.15. The molecule has 0 saturated carbocycles. The molecule has 1 aromatic carbocycles. The fraction of sp³-hybridized carbons (Fsp3) is 0.118. The predicted molar refractivity (Wildman–Crippen MR) is 106 cm³/mol. The van der Waals surface area contributed by atoms with Crippen molar-refractivity contribution in [2.24, 2.45) is 0 Å². The number of aryl methyl sites for hydroxylation is 1. The quantitative estimate of drug-likeness (QED) is 0.503. The zero-order chi connectivity index (χ0) is 20.1. The van der Waals surface area contributed by atoms with Crippen molar-refractivity contribution in [2.45, 2.75) is 11.8 Å². The third-order valence-electron chi connectivity index (χ3n) is 3.56. The molecule has 0 aliphatic heterocycles. The summed E-state index contributed by atoms with van der Waals surface area (Å²) in [6, 6.07) is 9.81. The number of ether oxygens (including phenoxy) is 1. The molecule has 3 N–H and O–H groups in total. The summed E-state index contributed by atoms with van der Waals surface area (Å²) >= 11 is 1.00. The molecule has 28 heavy (non-hydrogen) atoms. The predicted octanol–water partition coefficient (Wildman–Crippen LogP) is 2.41. The summed E-state index contributed by atoms with van der Waals surface area (Å²) in [4.78, 5) is 20.3. The number of nitrogens with zero attached hydrogens (tertiary/aromatic N) is 2. The summed E-state index contributed by atoms with van der Waals surface area (Å²) in [6.45, 7) is 1.90. The number of amides is 1. The minimum absolute atomic E-state index is 0.0232. The highest BCUT2D eigenvalue weighted by Gasteiger charge is 2.24. The van der Waals surface area contributed by atoms with Gasteiger partial charge in [0.05, 0.1) is 7.11 Å². The van der Waals surface area contributed by atoms with Gasteiger partial charge in [-0.2, -0.15) is 4.98 Å². The number of sulfonamides is 1. The lowest BCUT2D eigenvalue weighted by molar-refractivity contribution is 0.0963. The lowest BCUT2D eigenvalue weighted by Crippen LogP contribution is -2.31. The van der Waals surface area contributed by atoms with Crippen molar-refractivity contribution in [1.29, 1.82) is 0 Å². The second-order valence-electron chi connectivity index (χ2n) is 5.59. The molecule has 0 fully saturated rings. The van der Waals surface area contributed by atoms with Crippen LogP contribution in [0.1, 0.15) is 15.2 Å². The highest BCUT2D eigenvalue weighted by atomic mass is 32.2. The Balaban J connectivity index is 1.74. The third kappa shape index (κ3) is 4.56. The van der Waals surface area contributed by atoms with Gasteiger partial charge in [-0.3, -0.25) is 20.4 Å². The van der Waals surface area contributed by atoms with E-state index in [2.05, 4.69) is 25.5 Å². The fourth-order valence-electron chi connectivity index (χ4n) is 2.19. The molecule has 11 heteroatoms. The summed E-state index contributed by atoms with van der Waals surface area (Å²) < 4.78 is 32.8. The van der Waals surface area contributed by atoms with E-state index in [1.807, 2.05) is 6.92 Å². The van der Waals surface area contributed by atoms with Gasteiger partial charge in [-0.25, -0.2) is 13.4 Å². The van der Waals surface area contributed by atoms with Crippen molar-refractivity contribution in [2.75, 3.05) is 17.3 Å². The Hall–Kier alpha value is -3.18. The Kier molecular flexibility index (Phi) is 5.76. The molecule has 3 aromatic rings. The van der Waals surface area contributed by atoms with Crippen LogP contribution in [0.2, 0.25) is 0 Å². The average molecular weight is 419 g/mol. The number of methoxy groups -OCH3 is 1. The first-order valence-electron chi connectivity index (χ1n) is 7.99. The molecule has 2 aromatic heterocycles. The summed E-state index contributed by atoms with van der Waals surface area (Å²) in [5.74, 6) is -0.217. The Morgan fingerprint density at radius 3 is 2.61 bits per heavy atom. The number of hydrazine groups is 1. The maximum absolute atomic E-state index is 12.7.